The van der Waals surface area contributed by atoms with Crippen molar-refractivity contribution in [3.63, 3.8) is 0 Å². The molecule has 1 aromatic carbocycles. The molecule has 0 aliphatic carbocycles. The van der Waals surface area contributed by atoms with Gasteiger partial charge >= 0.3 is 0 Å². The lowest BCUT2D eigenvalue weighted by Gasteiger charge is -2.09. The maximum absolute atomic E-state index is 11.1. The van der Waals surface area contributed by atoms with E-state index in [1.807, 2.05) is 24.4 Å². The molecule has 0 radical (unpaired) electrons. The molecule has 2 aromatic rings. The first-order chi connectivity index (χ1) is 9.44. The second kappa shape index (κ2) is 6.17. The third kappa shape index (κ3) is 4.45. The summed E-state index contributed by atoms with van der Waals surface area (Å²) >= 11 is 0. The monoisotopic (exact) mass is 293 g/mol. The molecule has 0 spiro atoms. The van der Waals surface area contributed by atoms with Gasteiger partial charge in [0.1, 0.15) is 9.84 Å². The Morgan fingerprint density at radius 2 is 1.95 bits per heavy atom. The van der Waals surface area contributed by atoms with Crippen LogP contribution >= 0.6 is 0 Å². The van der Waals surface area contributed by atoms with Crippen LogP contribution in [0.4, 0.5) is 0 Å². The Balaban J connectivity index is 1.96. The van der Waals surface area contributed by atoms with Gasteiger partial charge in [0, 0.05) is 12.5 Å². The topological polar surface area (TPSA) is 64.8 Å². The Hall–Kier alpha value is -1.69. The Bertz CT molecular complexity index is 650. The molecule has 0 unspecified atom stereocenters. The van der Waals surface area contributed by atoms with E-state index in [1.165, 1.54) is 11.8 Å². The Kier molecular flexibility index (Phi) is 4.54. The summed E-state index contributed by atoms with van der Waals surface area (Å²) in [6, 6.07) is 10.2. The van der Waals surface area contributed by atoms with Gasteiger partial charge in [-0.05, 0) is 17.9 Å². The van der Waals surface area contributed by atoms with Crippen LogP contribution in [0.15, 0.2) is 36.5 Å². The van der Waals surface area contributed by atoms with Crippen molar-refractivity contribution < 1.29 is 8.42 Å². The fourth-order valence-corrected chi connectivity index (χ4v) is 2.53. The lowest BCUT2D eigenvalue weighted by molar-refractivity contribution is 0.579. The average Bonchev–Trinajstić information content (AvgIpc) is 2.84. The van der Waals surface area contributed by atoms with E-state index in [0.29, 0.717) is 12.5 Å². The minimum atomic E-state index is -2.97. The van der Waals surface area contributed by atoms with Crippen LogP contribution in [0.1, 0.15) is 24.1 Å². The highest BCUT2D eigenvalue weighted by molar-refractivity contribution is 7.90. The summed E-state index contributed by atoms with van der Waals surface area (Å²) in [4.78, 5) is 0. The van der Waals surface area contributed by atoms with Crippen LogP contribution in [-0.4, -0.2) is 35.4 Å². The zero-order valence-corrected chi connectivity index (χ0v) is 12.5. The molecule has 1 atom stereocenters. The number of hydrogen-bond donors (Lipinski definition) is 0. The van der Waals surface area contributed by atoms with Crippen LogP contribution < -0.4 is 0 Å². The molecular formula is C14H19N3O2S. The zero-order chi connectivity index (χ0) is 14.6. The van der Waals surface area contributed by atoms with Crippen LogP contribution in [0.2, 0.25) is 0 Å². The molecule has 0 saturated carbocycles. The Labute approximate surface area is 119 Å². The molecule has 0 aliphatic rings. The Morgan fingerprint density at radius 1 is 1.25 bits per heavy atom. The first kappa shape index (κ1) is 14.7. The third-order valence-electron chi connectivity index (χ3n) is 3.16. The lowest BCUT2D eigenvalue weighted by Crippen LogP contribution is -2.11. The van der Waals surface area contributed by atoms with Gasteiger partial charge in [-0.3, -0.25) is 4.68 Å². The number of aromatic nitrogens is 3. The average molecular weight is 293 g/mol. The number of sulfone groups is 1. The van der Waals surface area contributed by atoms with Gasteiger partial charge in [-0.25, -0.2) is 8.42 Å². The smallest absolute Gasteiger partial charge is 0.149 e. The highest BCUT2D eigenvalue weighted by Crippen LogP contribution is 2.18. The quantitative estimate of drug-likeness (QED) is 0.812. The molecule has 0 N–H and O–H groups in total. The maximum atomic E-state index is 11.1. The van der Waals surface area contributed by atoms with E-state index < -0.39 is 9.84 Å². The second-order valence-corrected chi connectivity index (χ2v) is 7.38. The number of nitrogens with zero attached hydrogens (tertiary/aromatic N) is 3. The Morgan fingerprint density at radius 3 is 2.60 bits per heavy atom. The lowest BCUT2D eigenvalue weighted by atomic mass is 9.97. The number of benzene rings is 1. The molecule has 0 amide bonds. The van der Waals surface area contributed by atoms with Crippen molar-refractivity contribution in [2.24, 2.45) is 0 Å². The number of rotatable bonds is 6. The van der Waals surface area contributed by atoms with E-state index in [4.69, 9.17) is 0 Å². The van der Waals surface area contributed by atoms with Crippen molar-refractivity contribution in [2.75, 3.05) is 12.0 Å². The second-order valence-electron chi connectivity index (χ2n) is 5.12. The van der Waals surface area contributed by atoms with Crippen LogP contribution in [0.5, 0.6) is 0 Å². The molecule has 0 fully saturated rings. The summed E-state index contributed by atoms with van der Waals surface area (Å²) in [6.07, 6.45) is 3.84. The standard InChI is InChI=1S/C14H19N3O2S/c1-12(13-6-4-3-5-7-13)10-14-11-17(16-15-14)8-9-20(2,18)19/h3-7,11-12H,8-10H2,1-2H3/t12-/m1/s1. The molecule has 1 heterocycles. The van der Waals surface area contributed by atoms with Crippen LogP contribution in [-0.2, 0) is 22.8 Å². The SMILES string of the molecule is C[C@H](Cc1cn(CCS(C)(=O)=O)nn1)c1ccccc1. The van der Waals surface area contributed by atoms with Gasteiger partial charge in [-0.1, -0.05) is 42.5 Å². The summed E-state index contributed by atoms with van der Waals surface area (Å²) in [7, 11) is -2.97. The first-order valence-electron chi connectivity index (χ1n) is 6.56. The highest BCUT2D eigenvalue weighted by atomic mass is 32.2. The predicted octanol–water partition coefficient (Wildman–Crippen LogP) is 1.67. The largest absolute Gasteiger partial charge is 0.251 e. The molecule has 1 aromatic heterocycles. The van der Waals surface area contributed by atoms with Gasteiger partial charge in [0.05, 0.1) is 18.0 Å². The van der Waals surface area contributed by atoms with Gasteiger partial charge < -0.3 is 0 Å². The van der Waals surface area contributed by atoms with Gasteiger partial charge in [-0.2, -0.15) is 0 Å². The molecule has 108 valence electrons. The summed E-state index contributed by atoms with van der Waals surface area (Å²) in [5.74, 6) is 0.445. The van der Waals surface area contributed by atoms with E-state index in [-0.39, 0.29) is 5.75 Å². The van der Waals surface area contributed by atoms with E-state index in [1.54, 1.807) is 4.68 Å². The van der Waals surface area contributed by atoms with Crippen LogP contribution in [0, 0.1) is 0 Å². The number of hydrogen-bond acceptors (Lipinski definition) is 4. The van der Waals surface area contributed by atoms with Gasteiger partial charge in [0.15, 0.2) is 0 Å². The normalized spacial score (nSPS) is 13.3. The van der Waals surface area contributed by atoms with Crippen LogP contribution in [0.25, 0.3) is 0 Å². The summed E-state index contributed by atoms with van der Waals surface area (Å²) in [6.45, 7) is 2.50. The van der Waals surface area contributed by atoms with E-state index in [9.17, 15) is 8.42 Å². The third-order valence-corrected chi connectivity index (χ3v) is 4.09. The predicted molar refractivity (Wildman–Crippen MR) is 78.3 cm³/mol. The van der Waals surface area contributed by atoms with Crippen molar-refractivity contribution in [1.29, 1.82) is 0 Å². The fraction of sp³-hybridized carbons (Fsp3) is 0.429. The van der Waals surface area contributed by atoms with E-state index >= 15 is 0 Å². The molecule has 0 saturated heterocycles. The summed E-state index contributed by atoms with van der Waals surface area (Å²) < 4.78 is 23.8. The van der Waals surface area contributed by atoms with Crippen molar-refractivity contribution in [3.05, 3.63) is 47.8 Å². The van der Waals surface area contributed by atoms with Gasteiger partial charge in [0.25, 0.3) is 0 Å². The van der Waals surface area contributed by atoms with Crippen molar-refractivity contribution in [3.8, 4) is 0 Å². The summed E-state index contributed by atoms with van der Waals surface area (Å²) in [5, 5.41) is 8.07. The molecule has 20 heavy (non-hydrogen) atoms. The van der Waals surface area contributed by atoms with Crippen molar-refractivity contribution in [2.45, 2.75) is 25.8 Å². The molecule has 2 rings (SSSR count). The molecular weight excluding hydrogens is 274 g/mol. The number of aryl methyl sites for hydroxylation is 1. The van der Waals surface area contributed by atoms with Gasteiger partial charge in [0.2, 0.25) is 0 Å². The van der Waals surface area contributed by atoms with E-state index in [0.717, 1.165) is 12.1 Å². The molecule has 6 heteroatoms. The molecule has 0 bridgehead atoms. The summed E-state index contributed by atoms with van der Waals surface area (Å²) in [5.41, 5.74) is 2.15. The van der Waals surface area contributed by atoms with Crippen molar-refractivity contribution in [1.82, 2.24) is 15.0 Å². The van der Waals surface area contributed by atoms with Crippen molar-refractivity contribution >= 4 is 9.84 Å². The molecule has 5 nitrogen and oxygen atoms in total. The fourth-order valence-electron chi connectivity index (χ4n) is 2.01. The first-order valence-corrected chi connectivity index (χ1v) is 8.62. The minimum Gasteiger partial charge on any atom is -0.251 e. The zero-order valence-electron chi connectivity index (χ0n) is 11.7. The molecule has 0 aliphatic heterocycles. The van der Waals surface area contributed by atoms with E-state index in [2.05, 4.69) is 29.4 Å². The van der Waals surface area contributed by atoms with Crippen LogP contribution in [0.3, 0.4) is 0 Å². The minimum absolute atomic E-state index is 0.0873. The maximum Gasteiger partial charge on any atom is 0.149 e. The van der Waals surface area contributed by atoms with Gasteiger partial charge in [-0.15, -0.1) is 5.10 Å². The highest BCUT2D eigenvalue weighted by Gasteiger charge is 2.10.